The van der Waals surface area contributed by atoms with E-state index in [-0.39, 0.29) is 5.82 Å². The highest BCUT2D eigenvalue weighted by Gasteiger charge is 2.11. The quantitative estimate of drug-likeness (QED) is 0.922. The molecule has 0 saturated carbocycles. The Morgan fingerprint density at radius 2 is 2.10 bits per heavy atom. The highest BCUT2D eigenvalue weighted by atomic mass is 15.1. The second kappa shape index (κ2) is 5.68. The number of hydrogen-bond acceptors (Lipinski definition) is 5. The zero-order valence-electron chi connectivity index (χ0n) is 11.8. The molecule has 0 aliphatic rings. The van der Waals surface area contributed by atoms with Gasteiger partial charge >= 0.3 is 0 Å². The Morgan fingerprint density at radius 1 is 1.35 bits per heavy atom. The van der Waals surface area contributed by atoms with Crippen LogP contribution in [0.25, 0.3) is 11.4 Å². The summed E-state index contributed by atoms with van der Waals surface area (Å²) in [6, 6.07) is 10.3. The molecule has 1 aromatic heterocycles. The lowest BCUT2D eigenvalue weighted by atomic mass is 10.0. The van der Waals surface area contributed by atoms with Crippen LogP contribution in [-0.4, -0.2) is 29.0 Å². The van der Waals surface area contributed by atoms with E-state index in [4.69, 9.17) is 11.0 Å². The van der Waals surface area contributed by atoms with Crippen LogP contribution >= 0.6 is 0 Å². The topological polar surface area (TPSA) is 78.8 Å². The van der Waals surface area contributed by atoms with Crippen molar-refractivity contribution in [2.24, 2.45) is 0 Å². The molecule has 2 aromatic rings. The molecule has 0 unspecified atom stereocenters. The largest absolute Gasteiger partial charge is 0.382 e. The molecular formula is C15H17N5. The summed E-state index contributed by atoms with van der Waals surface area (Å²) in [4.78, 5) is 10.5. The van der Waals surface area contributed by atoms with E-state index in [0.717, 1.165) is 5.56 Å². The molecule has 0 amide bonds. The predicted octanol–water partition coefficient (Wildman–Crippen LogP) is 2.22. The summed E-state index contributed by atoms with van der Waals surface area (Å²) in [5.41, 5.74) is 8.11. The Bertz CT molecular complexity index is 658. The molecule has 1 aromatic carbocycles. The number of aromatic nitrogens is 2. The molecule has 1 atom stereocenters. The van der Waals surface area contributed by atoms with E-state index in [2.05, 4.69) is 27.9 Å². The molecule has 2 rings (SSSR count). The Hall–Kier alpha value is -2.45. The molecule has 5 heteroatoms. The van der Waals surface area contributed by atoms with Gasteiger partial charge in [0.05, 0.1) is 6.20 Å². The van der Waals surface area contributed by atoms with Crippen molar-refractivity contribution < 1.29 is 0 Å². The maximum atomic E-state index is 8.84. The van der Waals surface area contributed by atoms with Gasteiger partial charge in [0, 0.05) is 11.6 Å². The van der Waals surface area contributed by atoms with E-state index in [0.29, 0.717) is 17.4 Å². The van der Waals surface area contributed by atoms with Gasteiger partial charge in [0.1, 0.15) is 17.5 Å². The molecular weight excluding hydrogens is 250 g/mol. The van der Waals surface area contributed by atoms with E-state index >= 15 is 0 Å². The highest BCUT2D eigenvalue weighted by molar-refractivity contribution is 5.60. The van der Waals surface area contributed by atoms with Crippen LogP contribution in [0, 0.1) is 11.3 Å². The molecule has 1 heterocycles. The van der Waals surface area contributed by atoms with E-state index in [9.17, 15) is 0 Å². The number of rotatable bonds is 3. The van der Waals surface area contributed by atoms with Gasteiger partial charge in [-0.15, -0.1) is 0 Å². The molecule has 0 aliphatic heterocycles. The van der Waals surface area contributed by atoms with Crippen molar-refractivity contribution in [3.8, 4) is 17.5 Å². The molecule has 0 aliphatic carbocycles. The van der Waals surface area contributed by atoms with Gasteiger partial charge in [-0.1, -0.05) is 18.2 Å². The lowest BCUT2D eigenvalue weighted by Crippen LogP contribution is -2.16. The van der Waals surface area contributed by atoms with Gasteiger partial charge in [-0.2, -0.15) is 5.26 Å². The first-order valence-electron chi connectivity index (χ1n) is 6.32. The third-order valence-electron chi connectivity index (χ3n) is 3.34. The average Bonchev–Trinajstić information content (AvgIpc) is 2.46. The number of nitrogens with zero attached hydrogens (tertiary/aromatic N) is 4. The Labute approximate surface area is 118 Å². The summed E-state index contributed by atoms with van der Waals surface area (Å²) in [7, 11) is 4.07. The second-order valence-corrected chi connectivity index (χ2v) is 4.87. The summed E-state index contributed by atoms with van der Waals surface area (Å²) < 4.78 is 0. The molecule has 0 saturated heterocycles. The van der Waals surface area contributed by atoms with E-state index in [1.54, 1.807) is 0 Å². The van der Waals surface area contributed by atoms with E-state index in [1.807, 2.05) is 38.4 Å². The van der Waals surface area contributed by atoms with E-state index < -0.39 is 0 Å². The lowest BCUT2D eigenvalue weighted by molar-refractivity contribution is 0.321. The maximum absolute atomic E-state index is 8.84. The molecule has 0 spiro atoms. The first-order valence-corrected chi connectivity index (χ1v) is 6.32. The fourth-order valence-electron chi connectivity index (χ4n) is 1.86. The normalized spacial score (nSPS) is 12.2. The predicted molar refractivity (Wildman–Crippen MR) is 78.7 cm³/mol. The van der Waals surface area contributed by atoms with Gasteiger partial charge in [-0.05, 0) is 32.6 Å². The summed E-state index contributed by atoms with van der Waals surface area (Å²) in [6.45, 7) is 2.13. The van der Waals surface area contributed by atoms with Crippen molar-refractivity contribution in [1.82, 2.24) is 14.9 Å². The molecule has 0 fully saturated rings. The van der Waals surface area contributed by atoms with Crippen LogP contribution < -0.4 is 5.73 Å². The van der Waals surface area contributed by atoms with Gasteiger partial charge in [0.25, 0.3) is 0 Å². The van der Waals surface area contributed by atoms with Crippen molar-refractivity contribution in [3.05, 3.63) is 41.6 Å². The monoisotopic (exact) mass is 267 g/mol. The van der Waals surface area contributed by atoms with Crippen LogP contribution in [0.5, 0.6) is 0 Å². The van der Waals surface area contributed by atoms with Crippen LogP contribution in [0.2, 0.25) is 0 Å². The zero-order chi connectivity index (χ0) is 14.7. The third kappa shape index (κ3) is 2.76. The van der Waals surface area contributed by atoms with Crippen molar-refractivity contribution in [3.63, 3.8) is 0 Å². The van der Waals surface area contributed by atoms with Gasteiger partial charge in [-0.25, -0.2) is 9.97 Å². The number of nitriles is 1. The van der Waals surface area contributed by atoms with Crippen LogP contribution in [0.4, 0.5) is 5.82 Å². The Balaban J connectivity index is 2.41. The number of nitrogens with two attached hydrogens (primary N) is 1. The van der Waals surface area contributed by atoms with Gasteiger partial charge < -0.3 is 10.6 Å². The molecule has 0 radical (unpaired) electrons. The van der Waals surface area contributed by atoms with Crippen LogP contribution in [-0.2, 0) is 0 Å². The minimum Gasteiger partial charge on any atom is -0.382 e. The van der Waals surface area contributed by atoms with Crippen molar-refractivity contribution >= 4 is 5.82 Å². The Kier molecular flexibility index (Phi) is 3.97. The minimum absolute atomic E-state index is 0.212. The third-order valence-corrected chi connectivity index (χ3v) is 3.34. The van der Waals surface area contributed by atoms with Crippen LogP contribution in [0.1, 0.15) is 24.1 Å². The number of anilines is 1. The minimum atomic E-state index is 0.212. The number of benzene rings is 1. The molecule has 20 heavy (non-hydrogen) atoms. The van der Waals surface area contributed by atoms with Crippen LogP contribution in [0.15, 0.2) is 30.5 Å². The average molecular weight is 267 g/mol. The molecule has 102 valence electrons. The lowest BCUT2D eigenvalue weighted by Gasteiger charge is -2.20. The summed E-state index contributed by atoms with van der Waals surface area (Å²) in [6.07, 6.45) is 1.46. The van der Waals surface area contributed by atoms with Crippen molar-refractivity contribution in [2.75, 3.05) is 19.8 Å². The molecule has 0 bridgehead atoms. The molecule has 2 N–H and O–H groups in total. The summed E-state index contributed by atoms with van der Waals surface area (Å²) in [5.74, 6) is 0.748. The van der Waals surface area contributed by atoms with Gasteiger partial charge in [0.2, 0.25) is 0 Å². The van der Waals surface area contributed by atoms with E-state index in [1.165, 1.54) is 11.8 Å². The van der Waals surface area contributed by atoms with Crippen molar-refractivity contribution in [2.45, 2.75) is 13.0 Å². The Morgan fingerprint density at radius 3 is 2.70 bits per heavy atom. The SMILES string of the molecule is C[C@H](c1cccc(-c2ncc(C#N)c(N)n2)c1)N(C)C. The first kappa shape index (κ1) is 14.0. The second-order valence-electron chi connectivity index (χ2n) is 4.87. The smallest absolute Gasteiger partial charge is 0.161 e. The maximum Gasteiger partial charge on any atom is 0.161 e. The van der Waals surface area contributed by atoms with Gasteiger partial charge in [-0.3, -0.25) is 0 Å². The first-order chi connectivity index (χ1) is 9.52. The molecule has 5 nitrogen and oxygen atoms in total. The van der Waals surface area contributed by atoms with Crippen molar-refractivity contribution in [1.29, 1.82) is 5.26 Å². The van der Waals surface area contributed by atoms with Crippen LogP contribution in [0.3, 0.4) is 0 Å². The number of hydrogen-bond donors (Lipinski definition) is 1. The zero-order valence-corrected chi connectivity index (χ0v) is 11.8. The van der Waals surface area contributed by atoms with Gasteiger partial charge in [0.15, 0.2) is 5.82 Å². The summed E-state index contributed by atoms with van der Waals surface area (Å²) >= 11 is 0. The standard InChI is InChI=1S/C15H17N5/c1-10(20(2)3)11-5-4-6-12(7-11)15-18-9-13(8-16)14(17)19-15/h4-7,9-10H,1-3H3,(H2,17,18,19)/t10-/m1/s1. The summed E-state index contributed by atoms with van der Waals surface area (Å²) in [5, 5.41) is 8.84. The fourth-order valence-corrected chi connectivity index (χ4v) is 1.86. The number of nitrogen functional groups attached to an aromatic ring is 1. The fraction of sp³-hybridized carbons (Fsp3) is 0.267. The highest BCUT2D eigenvalue weighted by Crippen LogP contribution is 2.23.